The fourth-order valence-corrected chi connectivity index (χ4v) is 4.83. The minimum absolute atomic E-state index is 0.108. The molecule has 4 rings (SSSR count). The standard InChI is InChI=1S/C21H21NO7.C18H25N3O4.C2H6/c1-14(23)29-19(21(25)26)18-20(24)22(10-11-27-18)16-8-5-9-17(12-16)28-13-15-6-3-2-4-7-15;1-17(2,3)24-15(22)21(16(23)25-18(4,5)6)11-12-10-13(19)8-9-14(12)20-7;1-2/h2-9,12,18-19H,10-11,13H2,1H3,(H,25,26);8-10H,11,19H2,1-6H3;1-2H3/t18-,19-;;/m1../s1. The molecule has 1 heterocycles. The molecule has 2 atom stereocenters. The maximum absolute atomic E-state index is 12.8. The Morgan fingerprint density at radius 2 is 1.55 bits per heavy atom. The van der Waals surface area contributed by atoms with Gasteiger partial charge in [0.1, 0.15) is 23.6 Å². The summed E-state index contributed by atoms with van der Waals surface area (Å²) < 4.78 is 26.5. The minimum atomic E-state index is -1.71. The number of anilines is 2. The number of amides is 3. The second-order valence-electron chi connectivity index (χ2n) is 14.0. The van der Waals surface area contributed by atoms with Crippen molar-refractivity contribution in [2.24, 2.45) is 0 Å². The molecule has 1 aliphatic heterocycles. The van der Waals surface area contributed by atoms with Crippen LogP contribution in [0.4, 0.5) is 26.7 Å². The van der Waals surface area contributed by atoms with Crippen molar-refractivity contribution in [1.82, 2.24) is 4.90 Å². The Hall–Kier alpha value is -6.14. The molecule has 1 saturated heterocycles. The van der Waals surface area contributed by atoms with E-state index in [-0.39, 0.29) is 19.7 Å². The fraction of sp³-hybridized carbons (Fsp3) is 0.415. The SMILES string of the molecule is CC.CC(=O)O[C@@H](C(=O)O)[C@H]1OCCN(c2cccc(OCc3ccccc3)c2)C1=O.[C-]#[N+]c1ccc(N)cc1CN(C(=O)OC(C)(C)C)C(=O)OC(C)(C)C. The van der Waals surface area contributed by atoms with Crippen LogP contribution in [-0.2, 0) is 46.5 Å². The second kappa shape index (κ2) is 21.1. The largest absolute Gasteiger partial charge is 0.489 e. The van der Waals surface area contributed by atoms with E-state index in [1.807, 2.05) is 44.2 Å². The molecule has 0 unspecified atom stereocenters. The number of rotatable bonds is 9. The monoisotopic (exact) mass is 776 g/mol. The number of benzene rings is 3. The quantitative estimate of drug-likeness (QED) is 0.0942. The van der Waals surface area contributed by atoms with Gasteiger partial charge in [-0.05, 0) is 76.9 Å². The summed E-state index contributed by atoms with van der Waals surface area (Å²) in [7, 11) is 0. The van der Waals surface area contributed by atoms with E-state index in [9.17, 15) is 29.1 Å². The molecule has 3 amide bonds. The molecule has 302 valence electrons. The van der Waals surface area contributed by atoms with Crippen molar-refractivity contribution in [2.45, 2.75) is 98.9 Å². The number of morpholine rings is 1. The second-order valence-corrected chi connectivity index (χ2v) is 14.0. The topological polar surface area (TPSA) is 189 Å². The minimum Gasteiger partial charge on any atom is -0.489 e. The van der Waals surface area contributed by atoms with Gasteiger partial charge in [0.05, 0.1) is 19.7 Å². The molecule has 0 bridgehead atoms. The number of carboxylic acids is 1. The number of hydrogen-bond donors (Lipinski definition) is 2. The first-order chi connectivity index (χ1) is 26.3. The molecule has 56 heavy (non-hydrogen) atoms. The van der Waals surface area contributed by atoms with E-state index in [0.717, 1.165) is 17.4 Å². The molecule has 3 aromatic carbocycles. The van der Waals surface area contributed by atoms with Crippen LogP contribution < -0.4 is 15.4 Å². The highest BCUT2D eigenvalue weighted by molar-refractivity contribution is 6.00. The van der Waals surface area contributed by atoms with Crippen LogP contribution in [0.1, 0.15) is 73.4 Å². The number of carbonyl (C=O) groups is 5. The van der Waals surface area contributed by atoms with Gasteiger partial charge in [-0.25, -0.2) is 24.1 Å². The molecule has 0 aliphatic carbocycles. The first-order valence-corrected chi connectivity index (χ1v) is 17.9. The lowest BCUT2D eigenvalue weighted by molar-refractivity contribution is -0.177. The number of nitrogen functional groups attached to an aromatic ring is 1. The molecule has 3 N–H and O–H groups in total. The summed E-state index contributed by atoms with van der Waals surface area (Å²) in [5.74, 6) is -2.27. The van der Waals surface area contributed by atoms with Crippen LogP contribution in [0.15, 0.2) is 72.8 Å². The van der Waals surface area contributed by atoms with Gasteiger partial charge < -0.3 is 39.4 Å². The van der Waals surface area contributed by atoms with Crippen LogP contribution in [-0.4, -0.2) is 76.6 Å². The fourth-order valence-electron chi connectivity index (χ4n) is 4.83. The number of carbonyl (C=O) groups excluding carboxylic acids is 4. The highest BCUT2D eigenvalue weighted by Crippen LogP contribution is 2.27. The Morgan fingerprint density at radius 3 is 2.09 bits per heavy atom. The molecule has 15 nitrogen and oxygen atoms in total. The zero-order valence-electron chi connectivity index (χ0n) is 33.4. The van der Waals surface area contributed by atoms with Crippen molar-refractivity contribution in [1.29, 1.82) is 0 Å². The third-order valence-corrected chi connectivity index (χ3v) is 7.09. The third kappa shape index (κ3) is 14.9. The van der Waals surface area contributed by atoms with Gasteiger partial charge in [-0.1, -0.05) is 56.3 Å². The van der Waals surface area contributed by atoms with Crippen molar-refractivity contribution in [2.75, 3.05) is 23.8 Å². The van der Waals surface area contributed by atoms with Crippen molar-refractivity contribution in [3.8, 4) is 5.75 Å². The Morgan fingerprint density at radius 1 is 0.946 bits per heavy atom. The van der Waals surface area contributed by atoms with Crippen LogP contribution in [0.25, 0.3) is 4.85 Å². The lowest BCUT2D eigenvalue weighted by atomic mass is 10.1. The van der Waals surface area contributed by atoms with E-state index < -0.39 is 53.4 Å². The predicted molar refractivity (Wildman–Crippen MR) is 209 cm³/mol. The number of hydrogen-bond acceptors (Lipinski definition) is 11. The summed E-state index contributed by atoms with van der Waals surface area (Å²) in [4.78, 5) is 66.1. The number of nitrogens with zero attached hydrogens (tertiary/aromatic N) is 3. The Bertz CT molecular complexity index is 1820. The van der Waals surface area contributed by atoms with Gasteiger partial charge in [0.25, 0.3) is 5.91 Å². The van der Waals surface area contributed by atoms with Crippen LogP contribution in [0, 0.1) is 6.57 Å². The first kappa shape index (κ1) is 46.0. The van der Waals surface area contributed by atoms with Gasteiger partial charge in [0.2, 0.25) is 6.10 Å². The lowest BCUT2D eigenvalue weighted by Crippen LogP contribution is -2.55. The maximum Gasteiger partial charge on any atom is 0.420 e. The van der Waals surface area contributed by atoms with Gasteiger partial charge in [-0.2, -0.15) is 0 Å². The Kier molecular flexibility index (Phi) is 17.3. The summed E-state index contributed by atoms with van der Waals surface area (Å²) in [6, 6.07) is 21.3. The highest BCUT2D eigenvalue weighted by atomic mass is 16.6. The molecule has 15 heteroatoms. The zero-order valence-corrected chi connectivity index (χ0v) is 33.4. The number of esters is 1. The van der Waals surface area contributed by atoms with E-state index in [4.69, 9.17) is 36.0 Å². The van der Waals surface area contributed by atoms with Crippen molar-refractivity contribution >= 4 is 47.1 Å². The zero-order chi connectivity index (χ0) is 42.2. The molecule has 1 aliphatic rings. The average molecular weight is 777 g/mol. The van der Waals surface area contributed by atoms with Gasteiger partial charge >= 0.3 is 24.1 Å². The molecule has 0 aromatic heterocycles. The van der Waals surface area contributed by atoms with E-state index in [0.29, 0.717) is 35.0 Å². The molecule has 0 spiro atoms. The molecule has 3 aromatic rings. The van der Waals surface area contributed by atoms with Crippen LogP contribution >= 0.6 is 0 Å². The summed E-state index contributed by atoms with van der Waals surface area (Å²) >= 11 is 0. The van der Waals surface area contributed by atoms with E-state index in [1.165, 1.54) is 4.90 Å². The molecule has 0 saturated carbocycles. The normalized spacial score (nSPS) is 14.2. The number of carboxylic acid groups (broad SMARTS) is 1. The Balaban J connectivity index is 0.000000375. The number of imide groups is 1. The Labute approximate surface area is 328 Å². The molecule has 0 radical (unpaired) electrons. The van der Waals surface area contributed by atoms with E-state index >= 15 is 0 Å². The van der Waals surface area contributed by atoms with Gasteiger partial charge in [-0.3, -0.25) is 9.59 Å². The smallest absolute Gasteiger partial charge is 0.420 e. The van der Waals surface area contributed by atoms with Gasteiger partial charge in [0, 0.05) is 30.9 Å². The summed E-state index contributed by atoms with van der Waals surface area (Å²) in [6.07, 6.45) is -4.82. The van der Waals surface area contributed by atoms with E-state index in [2.05, 4.69) is 4.85 Å². The first-order valence-electron chi connectivity index (χ1n) is 17.9. The van der Waals surface area contributed by atoms with Gasteiger partial charge in [-0.15, -0.1) is 0 Å². The molecular weight excluding hydrogens is 724 g/mol. The van der Waals surface area contributed by atoms with Crippen LogP contribution in [0.2, 0.25) is 0 Å². The third-order valence-electron chi connectivity index (χ3n) is 7.09. The summed E-state index contributed by atoms with van der Waals surface area (Å²) in [5.41, 5.74) is 6.90. The predicted octanol–water partition coefficient (Wildman–Crippen LogP) is 7.53. The number of aliphatic carboxylic acids is 1. The highest BCUT2D eigenvalue weighted by Gasteiger charge is 2.42. The summed E-state index contributed by atoms with van der Waals surface area (Å²) in [6.45, 7) is 23.0. The van der Waals surface area contributed by atoms with E-state index in [1.54, 1.807) is 84.0 Å². The number of nitrogens with two attached hydrogens (primary N) is 1. The lowest BCUT2D eigenvalue weighted by Gasteiger charge is -2.34. The van der Waals surface area contributed by atoms with Crippen LogP contribution in [0.3, 0.4) is 0 Å². The molecule has 1 fully saturated rings. The van der Waals surface area contributed by atoms with Gasteiger partial charge in [0.15, 0.2) is 11.8 Å². The maximum atomic E-state index is 12.8. The molecular formula is C41H52N4O11. The summed E-state index contributed by atoms with van der Waals surface area (Å²) in [5, 5.41) is 9.32. The van der Waals surface area contributed by atoms with Crippen molar-refractivity contribution < 1.29 is 52.8 Å². The van der Waals surface area contributed by atoms with Crippen molar-refractivity contribution in [3.05, 3.63) is 95.3 Å². The number of ether oxygens (including phenoxy) is 5. The van der Waals surface area contributed by atoms with Crippen molar-refractivity contribution in [3.63, 3.8) is 0 Å². The average Bonchev–Trinajstić information content (AvgIpc) is 3.12. The van der Waals surface area contributed by atoms with Crippen LogP contribution in [0.5, 0.6) is 5.75 Å².